The van der Waals surface area contributed by atoms with E-state index < -0.39 is 0 Å². The molecule has 0 aliphatic carbocycles. The molecule has 0 heterocycles. The van der Waals surface area contributed by atoms with Crippen LogP contribution in [-0.2, 0) is 0 Å². The van der Waals surface area contributed by atoms with Crippen molar-refractivity contribution in [3.8, 4) is 66.8 Å². The van der Waals surface area contributed by atoms with Crippen molar-refractivity contribution in [2.75, 3.05) is 0 Å². The van der Waals surface area contributed by atoms with Gasteiger partial charge in [-0.25, -0.2) is 0 Å². The first-order valence-corrected chi connectivity index (χ1v) is 27.2. The summed E-state index contributed by atoms with van der Waals surface area (Å²) in [5.74, 6) is 0. The highest BCUT2D eigenvalue weighted by atomic mass is 14.3. The summed E-state index contributed by atoms with van der Waals surface area (Å²) in [4.78, 5) is 0. The molecule has 0 aromatic heterocycles. The van der Waals surface area contributed by atoms with Crippen LogP contribution in [0.15, 0.2) is 291 Å². The van der Waals surface area contributed by atoms with Crippen LogP contribution in [0.4, 0.5) is 0 Å². The highest BCUT2D eigenvalue weighted by Crippen LogP contribution is 2.55. The third-order valence-corrected chi connectivity index (χ3v) is 16.8. The van der Waals surface area contributed by atoms with Crippen molar-refractivity contribution >= 4 is 97.0 Å². The van der Waals surface area contributed by atoms with Crippen LogP contribution < -0.4 is 0 Å². The number of rotatable bonds is 6. The maximum absolute atomic E-state index is 2.43. The molecule has 0 aliphatic rings. The number of benzene rings is 16. The van der Waals surface area contributed by atoms with Crippen molar-refractivity contribution in [1.82, 2.24) is 0 Å². The van der Waals surface area contributed by atoms with Gasteiger partial charge in [0.25, 0.3) is 0 Å². The molecule has 0 nitrogen and oxygen atoms in total. The van der Waals surface area contributed by atoms with Gasteiger partial charge in [-0.2, -0.15) is 0 Å². The van der Waals surface area contributed by atoms with E-state index >= 15 is 0 Å². The minimum atomic E-state index is 1.21. The molecule has 0 spiro atoms. The monoisotopic (exact) mass is 984 g/mol. The predicted octanol–water partition coefficient (Wildman–Crippen LogP) is 22.1. The second-order valence-electron chi connectivity index (χ2n) is 20.8. The molecule has 0 N–H and O–H groups in total. The molecule has 78 heavy (non-hydrogen) atoms. The lowest BCUT2D eigenvalue weighted by Gasteiger charge is -2.25. The van der Waals surface area contributed by atoms with E-state index in [0.29, 0.717) is 0 Å². The van der Waals surface area contributed by atoms with Crippen molar-refractivity contribution in [3.05, 3.63) is 291 Å². The molecular weight excluding hydrogens is 937 g/mol. The van der Waals surface area contributed by atoms with Crippen molar-refractivity contribution < 1.29 is 0 Å². The van der Waals surface area contributed by atoms with Gasteiger partial charge in [0, 0.05) is 0 Å². The first-order chi connectivity index (χ1) is 38.8. The number of fused-ring (bicyclic) bond motifs is 9. The second kappa shape index (κ2) is 17.7. The first-order valence-electron chi connectivity index (χ1n) is 27.2. The average Bonchev–Trinajstić information content (AvgIpc) is 3.39. The summed E-state index contributed by atoms with van der Waals surface area (Å²) in [6.07, 6.45) is 0. The Kier molecular flexibility index (Phi) is 10.0. The minimum absolute atomic E-state index is 1.21. The maximum atomic E-state index is 2.43. The van der Waals surface area contributed by atoms with Gasteiger partial charge in [0.15, 0.2) is 0 Å². The van der Waals surface area contributed by atoms with Gasteiger partial charge in [0.05, 0.1) is 0 Å². The fourth-order valence-electron chi connectivity index (χ4n) is 13.6. The van der Waals surface area contributed by atoms with E-state index in [1.165, 1.54) is 164 Å². The van der Waals surface area contributed by atoms with E-state index in [-0.39, 0.29) is 0 Å². The zero-order chi connectivity index (χ0) is 51.3. The van der Waals surface area contributed by atoms with Gasteiger partial charge in [-0.3, -0.25) is 0 Å². The summed E-state index contributed by atoms with van der Waals surface area (Å²) in [5, 5.41) is 22.3. The normalized spacial score (nSPS) is 11.8. The quantitative estimate of drug-likeness (QED) is 0.146. The summed E-state index contributed by atoms with van der Waals surface area (Å²) in [7, 11) is 0. The summed E-state index contributed by atoms with van der Waals surface area (Å²) in [6.45, 7) is 0. The van der Waals surface area contributed by atoms with E-state index in [1.54, 1.807) is 0 Å². The zero-order valence-corrected chi connectivity index (χ0v) is 42.7. The molecule has 0 saturated heterocycles. The van der Waals surface area contributed by atoms with E-state index in [9.17, 15) is 0 Å². The smallest absolute Gasteiger partial charge is 0.00139 e. The Hall–Kier alpha value is -10.1. The lowest BCUT2D eigenvalue weighted by Crippen LogP contribution is -1.97. The summed E-state index contributed by atoms with van der Waals surface area (Å²) < 4.78 is 0. The molecule has 0 bridgehead atoms. The van der Waals surface area contributed by atoms with Crippen molar-refractivity contribution in [3.63, 3.8) is 0 Å². The Morgan fingerprint density at radius 3 is 0.590 bits per heavy atom. The van der Waals surface area contributed by atoms with E-state index in [2.05, 4.69) is 291 Å². The third-order valence-electron chi connectivity index (χ3n) is 16.8. The summed E-state index contributed by atoms with van der Waals surface area (Å²) in [6, 6.07) is 109. The van der Waals surface area contributed by atoms with Crippen LogP contribution in [0.5, 0.6) is 0 Å². The minimum Gasteiger partial charge on any atom is -0.0622 e. The van der Waals surface area contributed by atoms with Gasteiger partial charge in [-0.15, -0.1) is 0 Å². The fraction of sp³-hybridized carbons (Fsp3) is 0. The Bertz CT molecular complexity index is 4890. The van der Waals surface area contributed by atoms with Crippen LogP contribution in [0.3, 0.4) is 0 Å². The summed E-state index contributed by atoms with van der Waals surface area (Å²) in [5.41, 5.74) is 15.0. The van der Waals surface area contributed by atoms with Gasteiger partial charge >= 0.3 is 0 Å². The highest BCUT2D eigenvalue weighted by molar-refractivity contribution is 6.35. The Balaban J connectivity index is 1.02. The standard InChI is InChI=1S/C78H48/c1-3-25-49(26-4-1)69-47-51-29-7-8-30-52(51)48-70(69)72-55-33-11-15-37-59(55)74(60-38-16-12-34-56(60)72)76-63-41-19-23-45-67(63)78(68-46-24-20-42-64(68)76)77-65-43-21-17-39-61(65)75(62-40-18-22-44-66(62)77)73-57-35-13-9-31-53(57)71(50-27-5-2-6-28-50)54-32-10-14-36-58(54)73/h1-48H. The van der Waals surface area contributed by atoms with Crippen LogP contribution in [-0.4, -0.2) is 0 Å². The largest absolute Gasteiger partial charge is 0.0622 e. The van der Waals surface area contributed by atoms with Crippen LogP contribution in [0.2, 0.25) is 0 Å². The molecule has 16 aromatic rings. The molecule has 0 saturated carbocycles. The molecule has 0 atom stereocenters. The Morgan fingerprint density at radius 2 is 0.321 bits per heavy atom. The van der Waals surface area contributed by atoms with Gasteiger partial charge < -0.3 is 0 Å². The molecule has 0 radical (unpaired) electrons. The molecule has 16 aromatic carbocycles. The number of hydrogen-bond donors (Lipinski definition) is 0. The topological polar surface area (TPSA) is 0 Å². The molecule has 0 fully saturated rings. The van der Waals surface area contributed by atoms with E-state index in [4.69, 9.17) is 0 Å². The van der Waals surface area contributed by atoms with Gasteiger partial charge in [0.2, 0.25) is 0 Å². The first kappa shape index (κ1) is 44.2. The molecule has 0 amide bonds. The van der Waals surface area contributed by atoms with Crippen LogP contribution in [0.1, 0.15) is 0 Å². The molecule has 16 rings (SSSR count). The number of hydrogen-bond acceptors (Lipinski definition) is 0. The van der Waals surface area contributed by atoms with Crippen molar-refractivity contribution in [2.24, 2.45) is 0 Å². The Labute approximate surface area is 452 Å². The third kappa shape index (κ3) is 6.60. The van der Waals surface area contributed by atoms with Gasteiger partial charge in [-0.1, -0.05) is 279 Å². The molecular formula is C78H48. The van der Waals surface area contributed by atoms with Crippen LogP contribution >= 0.6 is 0 Å². The second-order valence-corrected chi connectivity index (χ2v) is 20.8. The van der Waals surface area contributed by atoms with E-state index in [1.807, 2.05) is 0 Å². The Morgan fingerprint density at radius 1 is 0.128 bits per heavy atom. The SMILES string of the molecule is c1ccc(-c2cc3ccccc3cc2-c2c3ccccc3c(-c3c4ccccc4c(-c4c5ccccc5c(-c5c6ccccc6c(-c6ccccc6)c6ccccc56)c5ccccc45)c4ccccc34)c3ccccc23)cc1. The highest BCUT2D eigenvalue weighted by Gasteiger charge is 2.27. The lowest BCUT2D eigenvalue weighted by molar-refractivity contribution is 1.63. The molecule has 360 valence electrons. The lowest BCUT2D eigenvalue weighted by atomic mass is 9.78. The van der Waals surface area contributed by atoms with Crippen molar-refractivity contribution in [1.29, 1.82) is 0 Å². The van der Waals surface area contributed by atoms with Gasteiger partial charge in [-0.05, 0) is 176 Å². The maximum Gasteiger partial charge on any atom is -0.00139 e. The van der Waals surface area contributed by atoms with Gasteiger partial charge in [0.1, 0.15) is 0 Å². The molecule has 0 unspecified atom stereocenters. The molecule has 0 aliphatic heterocycles. The van der Waals surface area contributed by atoms with Crippen LogP contribution in [0.25, 0.3) is 164 Å². The van der Waals surface area contributed by atoms with Crippen LogP contribution in [0, 0.1) is 0 Å². The van der Waals surface area contributed by atoms with E-state index in [0.717, 1.165) is 0 Å². The van der Waals surface area contributed by atoms with Crippen molar-refractivity contribution in [2.45, 2.75) is 0 Å². The predicted molar refractivity (Wildman–Crippen MR) is 337 cm³/mol. The summed E-state index contributed by atoms with van der Waals surface area (Å²) >= 11 is 0. The fourth-order valence-corrected chi connectivity index (χ4v) is 13.6. The molecule has 0 heteroatoms. The zero-order valence-electron chi connectivity index (χ0n) is 42.7. The average molecular weight is 985 g/mol.